The molecule has 2 atom stereocenters. The van der Waals surface area contributed by atoms with Crippen molar-refractivity contribution in [1.29, 1.82) is 0 Å². The highest BCUT2D eigenvalue weighted by molar-refractivity contribution is 5.99. The Hall–Kier alpha value is -3.00. The Morgan fingerprint density at radius 2 is 1.95 bits per heavy atom. The van der Waals surface area contributed by atoms with Crippen molar-refractivity contribution in [3.63, 3.8) is 0 Å². The summed E-state index contributed by atoms with van der Waals surface area (Å²) >= 11 is 0. The summed E-state index contributed by atoms with van der Waals surface area (Å²) in [7, 11) is 5.81. The number of allylic oxidation sites excluding steroid dienone is 1. The van der Waals surface area contributed by atoms with E-state index in [1.807, 2.05) is 18.2 Å². The van der Waals surface area contributed by atoms with Crippen molar-refractivity contribution in [2.75, 3.05) is 46.2 Å². The van der Waals surface area contributed by atoms with Gasteiger partial charge in [-0.2, -0.15) is 0 Å². The number of nitrogens with one attached hydrogen (secondary N) is 2. The number of methoxy groups -OCH3 is 1. The van der Waals surface area contributed by atoms with Crippen molar-refractivity contribution in [3.05, 3.63) is 47.8 Å². The van der Waals surface area contributed by atoms with E-state index in [-0.39, 0.29) is 23.5 Å². The molecule has 0 aromatic heterocycles. The smallest absolute Gasteiger partial charge is 0.251 e. The Morgan fingerprint density at radius 1 is 1.25 bits per heavy atom. The second kappa shape index (κ2) is 12.7. The minimum Gasteiger partial charge on any atom is -0.495 e. The number of rotatable bonds is 8. The number of amides is 1. The summed E-state index contributed by atoms with van der Waals surface area (Å²) in [4.78, 5) is 25.1. The van der Waals surface area contributed by atoms with Gasteiger partial charge in [0.15, 0.2) is 0 Å². The molecule has 0 radical (unpaired) electrons. The molecule has 4 rings (SSSR count). The van der Waals surface area contributed by atoms with E-state index < -0.39 is 0 Å². The quantitative estimate of drug-likeness (QED) is 0.457. The van der Waals surface area contributed by atoms with Crippen LogP contribution in [0.4, 0.5) is 5.69 Å². The van der Waals surface area contributed by atoms with Crippen molar-refractivity contribution < 1.29 is 9.53 Å². The first-order chi connectivity index (χ1) is 19.1. The number of hydrogen-bond acceptors (Lipinski definition) is 6. The van der Waals surface area contributed by atoms with Crippen LogP contribution in [0, 0.1) is 5.41 Å². The Balaban J connectivity index is 1.61. The molecule has 2 N–H and O–H groups in total. The van der Waals surface area contributed by atoms with Crippen LogP contribution in [0.25, 0.3) is 0 Å². The second-order valence-electron chi connectivity index (χ2n) is 12.1. The average molecular weight is 551 g/mol. The highest BCUT2D eigenvalue weighted by Gasteiger charge is 2.40. The zero-order chi connectivity index (χ0) is 29.0. The third-order valence-corrected chi connectivity index (χ3v) is 9.10. The molecule has 2 aliphatic heterocycles. The van der Waals surface area contributed by atoms with Gasteiger partial charge in [0.05, 0.1) is 24.5 Å². The zero-order valence-electron chi connectivity index (χ0n) is 25.7. The first-order valence-corrected chi connectivity index (χ1v) is 15.0. The summed E-state index contributed by atoms with van der Waals surface area (Å²) in [5, 5.41) is 6.65. The molecule has 40 heavy (non-hydrogen) atoms. The summed E-state index contributed by atoms with van der Waals surface area (Å²) in [6, 6.07) is 6.25. The maximum Gasteiger partial charge on any atom is 0.251 e. The van der Waals surface area contributed by atoms with Crippen molar-refractivity contribution in [2.24, 2.45) is 10.4 Å². The summed E-state index contributed by atoms with van der Waals surface area (Å²) < 4.78 is 5.70. The van der Waals surface area contributed by atoms with Gasteiger partial charge in [0, 0.05) is 49.4 Å². The summed E-state index contributed by atoms with van der Waals surface area (Å²) in [5.74, 6) is 1.58. The van der Waals surface area contributed by atoms with Gasteiger partial charge in [0.1, 0.15) is 17.8 Å². The molecule has 2 saturated heterocycles. The maximum absolute atomic E-state index is 12.8. The van der Waals surface area contributed by atoms with Crippen molar-refractivity contribution in [2.45, 2.75) is 84.5 Å². The monoisotopic (exact) mass is 550 g/mol. The van der Waals surface area contributed by atoms with E-state index in [1.54, 1.807) is 7.11 Å². The standard InChI is InChI=1S/C32H50N6O2/c1-9-28-30(38(26-14-12-11-13-15-26)21-32(5,10-2)22(3)37(28)7)34-23(4)33-27-17-16-24(18-29(27)40-8)31(39)35-25-19-36(6)20-25/h9,16-18,23,25-26,33H,3,10-15,19-21H2,1-2,4-8H3,(H,35,39)/b28-9+,34-30?/t23?,32-/m1/s1. The fourth-order valence-electron chi connectivity index (χ4n) is 6.31. The number of carbonyl (C=O) groups is 1. The van der Waals surface area contributed by atoms with Gasteiger partial charge in [-0.15, -0.1) is 0 Å². The predicted molar refractivity (Wildman–Crippen MR) is 165 cm³/mol. The molecule has 0 spiro atoms. The van der Waals surface area contributed by atoms with E-state index in [9.17, 15) is 4.79 Å². The molecule has 2 heterocycles. The number of ether oxygens (including phenoxy) is 1. The Bertz CT molecular complexity index is 1130. The van der Waals surface area contributed by atoms with Crippen LogP contribution in [-0.2, 0) is 0 Å². The minimum atomic E-state index is -0.220. The number of benzene rings is 1. The topological polar surface area (TPSA) is 72.4 Å². The van der Waals surface area contributed by atoms with E-state index in [1.165, 1.54) is 32.1 Å². The Kier molecular flexibility index (Phi) is 9.49. The molecule has 8 heteroatoms. The first-order valence-electron chi connectivity index (χ1n) is 15.0. The fourth-order valence-corrected chi connectivity index (χ4v) is 6.31. The van der Waals surface area contributed by atoms with Crippen molar-refractivity contribution in [1.82, 2.24) is 20.0 Å². The van der Waals surface area contributed by atoms with Crippen molar-refractivity contribution >= 4 is 17.4 Å². The van der Waals surface area contributed by atoms with Crippen LogP contribution in [-0.4, -0.2) is 85.5 Å². The molecule has 3 aliphatic rings. The lowest BCUT2D eigenvalue weighted by atomic mass is 9.82. The molecular weight excluding hydrogens is 500 g/mol. The molecule has 0 bridgehead atoms. The highest BCUT2D eigenvalue weighted by atomic mass is 16.5. The highest BCUT2D eigenvalue weighted by Crippen LogP contribution is 2.40. The normalized spacial score (nSPS) is 26.0. The van der Waals surface area contributed by atoms with Crippen LogP contribution >= 0.6 is 0 Å². The fraction of sp³-hybridized carbons (Fsp3) is 0.625. The number of anilines is 1. The van der Waals surface area contributed by atoms with Crippen LogP contribution in [0.15, 0.2) is 47.2 Å². The van der Waals surface area contributed by atoms with Crippen LogP contribution in [0.5, 0.6) is 5.75 Å². The van der Waals surface area contributed by atoms with Gasteiger partial charge in [-0.1, -0.05) is 45.8 Å². The maximum atomic E-state index is 12.8. The van der Waals surface area contributed by atoms with Crippen LogP contribution in [0.3, 0.4) is 0 Å². The molecule has 3 fully saturated rings. The molecule has 1 aliphatic carbocycles. The van der Waals surface area contributed by atoms with Gasteiger partial charge in [0.25, 0.3) is 5.91 Å². The lowest BCUT2D eigenvalue weighted by Crippen LogP contribution is -2.57. The van der Waals surface area contributed by atoms with Crippen LogP contribution in [0.1, 0.15) is 76.6 Å². The SMILES string of the molecule is C=C1N(C)/C(=C/C)C(=NC(C)Nc2ccc(C(=O)NC3CN(C)C3)cc2OC)N(C2CCCCC2)C[C@@]1(C)CC. The Labute approximate surface area is 241 Å². The average Bonchev–Trinajstić information content (AvgIpc) is 3.01. The van der Waals surface area contributed by atoms with E-state index in [2.05, 4.69) is 79.8 Å². The number of likely N-dealkylation sites (N-methyl/N-ethyl adjacent to an activating group) is 2. The molecule has 1 saturated carbocycles. The molecule has 1 aromatic carbocycles. The Morgan fingerprint density at radius 3 is 2.55 bits per heavy atom. The molecule has 220 valence electrons. The van der Waals surface area contributed by atoms with Gasteiger partial charge >= 0.3 is 0 Å². The molecule has 1 unspecified atom stereocenters. The molecule has 1 aromatic rings. The predicted octanol–water partition coefficient (Wildman–Crippen LogP) is 5.31. The summed E-state index contributed by atoms with van der Waals surface area (Å²) in [6.45, 7) is 16.0. The number of carbonyl (C=O) groups excluding carboxylic acids is 1. The van der Waals surface area contributed by atoms with Gasteiger partial charge in [-0.3, -0.25) is 4.79 Å². The molecule has 1 amide bonds. The molecule has 8 nitrogen and oxygen atoms in total. The summed E-state index contributed by atoms with van der Waals surface area (Å²) in [6.07, 6.45) is 9.21. The third kappa shape index (κ3) is 6.32. The largest absolute Gasteiger partial charge is 0.495 e. The van der Waals surface area contributed by atoms with E-state index in [0.29, 0.717) is 17.4 Å². The second-order valence-corrected chi connectivity index (χ2v) is 12.1. The van der Waals surface area contributed by atoms with Crippen LogP contribution in [0.2, 0.25) is 0 Å². The zero-order valence-corrected chi connectivity index (χ0v) is 25.7. The van der Waals surface area contributed by atoms with E-state index >= 15 is 0 Å². The number of amidine groups is 1. The number of likely N-dealkylation sites (tertiary alicyclic amines) is 1. The van der Waals surface area contributed by atoms with E-state index in [4.69, 9.17) is 9.73 Å². The third-order valence-electron chi connectivity index (χ3n) is 9.10. The van der Waals surface area contributed by atoms with Gasteiger partial charge in [-0.25, -0.2) is 4.99 Å². The number of nitrogens with zero attached hydrogens (tertiary/aromatic N) is 4. The minimum absolute atomic E-state index is 0.0388. The van der Waals surface area contributed by atoms with Gasteiger partial charge in [0.2, 0.25) is 0 Å². The van der Waals surface area contributed by atoms with E-state index in [0.717, 1.165) is 49.0 Å². The first kappa shape index (κ1) is 30.0. The number of aliphatic imine (C=N–C) groups is 1. The lowest BCUT2D eigenvalue weighted by Gasteiger charge is -2.40. The number of hydrogen-bond donors (Lipinski definition) is 2. The lowest BCUT2D eigenvalue weighted by molar-refractivity contribution is 0.0857. The summed E-state index contributed by atoms with van der Waals surface area (Å²) in [5.41, 5.74) is 3.61. The van der Waals surface area contributed by atoms with Crippen LogP contribution < -0.4 is 15.4 Å². The van der Waals surface area contributed by atoms with Gasteiger partial charge in [-0.05, 0) is 58.4 Å². The van der Waals surface area contributed by atoms with Gasteiger partial charge < -0.3 is 30.1 Å². The van der Waals surface area contributed by atoms with Crippen molar-refractivity contribution in [3.8, 4) is 5.75 Å². The molecular formula is C32H50N6O2.